The van der Waals surface area contributed by atoms with E-state index >= 15 is 0 Å². The van der Waals surface area contributed by atoms with E-state index in [2.05, 4.69) is 16.4 Å². The fourth-order valence-electron chi connectivity index (χ4n) is 1.93. The third-order valence-electron chi connectivity index (χ3n) is 3.01. The summed E-state index contributed by atoms with van der Waals surface area (Å²) in [5.41, 5.74) is 6.13. The number of anilines is 1. The zero-order chi connectivity index (χ0) is 16.6. The number of nitrogens with one attached hydrogen (secondary N) is 1. The van der Waals surface area contributed by atoms with Crippen LogP contribution in [0.25, 0.3) is 22.2 Å². The molecule has 1 aromatic carbocycles. The van der Waals surface area contributed by atoms with E-state index in [1.165, 1.54) is 0 Å². The maximum atomic E-state index is 12.1. The predicted molar refractivity (Wildman–Crippen MR) is 85.0 cm³/mol. The van der Waals surface area contributed by atoms with E-state index in [4.69, 9.17) is 10.2 Å². The normalized spacial score (nSPS) is 10.2. The van der Waals surface area contributed by atoms with Gasteiger partial charge in [-0.3, -0.25) is 24.7 Å². The van der Waals surface area contributed by atoms with Crippen LogP contribution in [-0.2, 0) is 42.3 Å². The van der Waals surface area contributed by atoms with Gasteiger partial charge in [-0.1, -0.05) is 23.1 Å². The second-order valence-corrected chi connectivity index (χ2v) is 5.60. The second-order valence-electron chi connectivity index (χ2n) is 4.75. The van der Waals surface area contributed by atoms with Crippen molar-refractivity contribution in [2.24, 2.45) is 5.73 Å². The molecule has 0 aliphatic carbocycles. The summed E-state index contributed by atoms with van der Waals surface area (Å²) in [7, 11) is 0. The number of primary amides is 1. The fourth-order valence-corrected chi connectivity index (χ4v) is 2.62. The molecule has 2 heterocycles. The first kappa shape index (κ1) is 18.4. The summed E-state index contributed by atoms with van der Waals surface area (Å²) < 4.78 is 5.27. The van der Waals surface area contributed by atoms with Crippen LogP contribution in [0.2, 0.25) is 0 Å². The SMILES string of the molecule is Cc1ccc2[c-]c(-c3csc(NC(=O)C(N)=O)n3)c(=O)oc2c1.[Y]. The van der Waals surface area contributed by atoms with E-state index in [1.807, 2.05) is 13.0 Å². The number of carbonyl (C=O) groups is 2. The van der Waals surface area contributed by atoms with Gasteiger partial charge in [-0.2, -0.15) is 0 Å². The van der Waals surface area contributed by atoms with Gasteiger partial charge in [0.2, 0.25) is 0 Å². The first-order valence-corrected chi connectivity index (χ1v) is 7.35. The number of hydrogen-bond acceptors (Lipinski definition) is 6. The number of rotatable bonds is 2. The largest absolute Gasteiger partial charge is 0.496 e. The van der Waals surface area contributed by atoms with Gasteiger partial charge in [0.05, 0.1) is 5.58 Å². The molecule has 3 aromatic rings. The summed E-state index contributed by atoms with van der Waals surface area (Å²) in [4.78, 5) is 38.1. The van der Waals surface area contributed by atoms with Gasteiger partial charge < -0.3 is 10.2 Å². The predicted octanol–water partition coefficient (Wildman–Crippen LogP) is 1.45. The number of amides is 2. The number of nitrogens with zero attached hydrogens (tertiary/aromatic N) is 1. The number of benzene rings is 1. The maximum absolute atomic E-state index is 12.1. The van der Waals surface area contributed by atoms with Gasteiger partial charge in [-0.25, -0.2) is 0 Å². The molecule has 0 aliphatic heterocycles. The molecule has 0 spiro atoms. The van der Waals surface area contributed by atoms with Crippen molar-refractivity contribution < 1.29 is 46.7 Å². The smallest absolute Gasteiger partial charge is 0.315 e. The average Bonchev–Trinajstić information content (AvgIpc) is 2.94. The van der Waals surface area contributed by atoms with Crippen LogP contribution >= 0.6 is 11.3 Å². The molecule has 0 fully saturated rings. The van der Waals surface area contributed by atoms with Crippen molar-refractivity contribution in [1.82, 2.24) is 4.98 Å². The second kappa shape index (κ2) is 7.33. The number of hydrogen-bond donors (Lipinski definition) is 2. The molecule has 9 heteroatoms. The van der Waals surface area contributed by atoms with E-state index in [9.17, 15) is 14.4 Å². The molecule has 2 aromatic heterocycles. The first-order valence-electron chi connectivity index (χ1n) is 6.47. The van der Waals surface area contributed by atoms with Crippen LogP contribution in [0, 0.1) is 13.0 Å². The van der Waals surface area contributed by atoms with Crippen LogP contribution in [0.15, 0.2) is 32.8 Å². The molecule has 119 valence electrons. The first-order chi connectivity index (χ1) is 10.9. The van der Waals surface area contributed by atoms with Crippen LogP contribution < -0.4 is 16.7 Å². The zero-order valence-electron chi connectivity index (χ0n) is 12.5. The zero-order valence-corrected chi connectivity index (χ0v) is 16.1. The van der Waals surface area contributed by atoms with Crippen LogP contribution in [-0.4, -0.2) is 16.8 Å². The van der Waals surface area contributed by atoms with Crippen LogP contribution in [0.4, 0.5) is 5.13 Å². The van der Waals surface area contributed by atoms with Crippen molar-refractivity contribution in [3.63, 3.8) is 0 Å². The van der Waals surface area contributed by atoms with Gasteiger partial charge in [-0.05, 0) is 17.9 Å². The van der Waals surface area contributed by atoms with Crippen molar-refractivity contribution in [3.05, 3.63) is 45.6 Å². The van der Waals surface area contributed by atoms with Gasteiger partial charge in [0.25, 0.3) is 5.63 Å². The molecule has 3 rings (SSSR count). The molecule has 24 heavy (non-hydrogen) atoms. The molecule has 3 N–H and O–H groups in total. The van der Waals surface area contributed by atoms with Crippen molar-refractivity contribution >= 4 is 39.3 Å². The molecule has 0 unspecified atom stereocenters. The topological polar surface area (TPSA) is 115 Å². The van der Waals surface area contributed by atoms with E-state index in [0.717, 1.165) is 16.9 Å². The number of carbonyl (C=O) groups excluding carboxylic acids is 2. The van der Waals surface area contributed by atoms with Gasteiger partial charge in [-0.15, -0.1) is 23.5 Å². The maximum Gasteiger partial charge on any atom is 0.315 e. The molecule has 7 nitrogen and oxygen atoms in total. The minimum Gasteiger partial charge on any atom is -0.496 e. The summed E-state index contributed by atoms with van der Waals surface area (Å²) in [5, 5.41) is 4.59. The Labute approximate surface area is 165 Å². The molecule has 0 bridgehead atoms. The van der Waals surface area contributed by atoms with Gasteiger partial charge in [0, 0.05) is 38.4 Å². The van der Waals surface area contributed by atoms with Gasteiger partial charge in [0.15, 0.2) is 5.13 Å². The number of nitrogens with two attached hydrogens (primary N) is 1. The summed E-state index contributed by atoms with van der Waals surface area (Å²) in [5.74, 6) is -2.09. The van der Waals surface area contributed by atoms with Crippen molar-refractivity contribution in [2.75, 3.05) is 5.32 Å². The van der Waals surface area contributed by atoms with E-state index in [1.54, 1.807) is 17.5 Å². The molecule has 0 saturated carbocycles. The Hall–Kier alpha value is -1.90. The van der Waals surface area contributed by atoms with Gasteiger partial charge >= 0.3 is 11.8 Å². The van der Waals surface area contributed by atoms with Gasteiger partial charge in [0.1, 0.15) is 0 Å². The van der Waals surface area contributed by atoms with Crippen molar-refractivity contribution in [3.8, 4) is 11.3 Å². The molecule has 2 amide bonds. The Balaban J connectivity index is 0.00000208. The third-order valence-corrected chi connectivity index (χ3v) is 3.77. The Kier molecular flexibility index (Phi) is 5.64. The molecule has 0 aliphatic rings. The van der Waals surface area contributed by atoms with Crippen LogP contribution in [0.3, 0.4) is 0 Å². The summed E-state index contributed by atoms with van der Waals surface area (Å²) in [6, 6.07) is 8.38. The van der Waals surface area contributed by atoms with Crippen molar-refractivity contribution in [1.29, 1.82) is 0 Å². The summed E-state index contributed by atoms with van der Waals surface area (Å²) in [6.07, 6.45) is 0. The quantitative estimate of drug-likeness (QED) is 0.372. The van der Waals surface area contributed by atoms with Crippen molar-refractivity contribution in [2.45, 2.75) is 6.92 Å². The van der Waals surface area contributed by atoms with E-state index < -0.39 is 17.4 Å². The Morgan fingerprint density at radius 3 is 2.83 bits per heavy atom. The summed E-state index contributed by atoms with van der Waals surface area (Å²) >= 11 is 1.06. The van der Waals surface area contributed by atoms with E-state index in [-0.39, 0.29) is 43.4 Å². The van der Waals surface area contributed by atoms with E-state index in [0.29, 0.717) is 16.7 Å². The molecule has 1 radical (unpaired) electrons. The average molecular weight is 417 g/mol. The fraction of sp³-hybridized carbons (Fsp3) is 0.0667. The Morgan fingerprint density at radius 2 is 2.12 bits per heavy atom. The summed E-state index contributed by atoms with van der Waals surface area (Å²) in [6.45, 7) is 1.89. The molecular weight excluding hydrogens is 407 g/mol. The number of aryl methyl sites for hydroxylation is 1. The molecular formula is C15H10N3O4SY-. The number of aromatic nitrogens is 1. The monoisotopic (exact) mass is 417 g/mol. The number of thiazole rings is 1. The standard InChI is InChI=1S/C15H10N3O4S.Y/c1-7-2-3-8-5-9(14(21)22-11(8)4-7)10-6-23-15(17-10)18-13(20)12(16)19;/h2-4,6H,1H3,(H2,16,19)(H,17,18,20);/q-1;. The Morgan fingerprint density at radius 1 is 1.38 bits per heavy atom. The van der Waals surface area contributed by atoms with Crippen LogP contribution in [0.1, 0.15) is 5.56 Å². The Bertz CT molecular complexity index is 996. The molecule has 0 atom stereocenters. The minimum absolute atomic E-state index is 0. The minimum atomic E-state index is -1.12. The van der Waals surface area contributed by atoms with Crippen LogP contribution in [0.5, 0.6) is 0 Å². The third kappa shape index (κ3) is 3.77. The number of fused-ring (bicyclic) bond motifs is 1. The molecule has 0 saturated heterocycles.